The molecule has 1 saturated heterocycles. The van der Waals surface area contributed by atoms with Crippen LogP contribution in [0, 0.1) is 0 Å². The van der Waals surface area contributed by atoms with E-state index in [0.717, 1.165) is 50.3 Å². The number of nitrogens with zero attached hydrogens (tertiary/aromatic N) is 8. The number of aryl methyl sites for hydroxylation is 1. The third kappa shape index (κ3) is 3.16. The van der Waals surface area contributed by atoms with Crippen LogP contribution >= 0.6 is 0 Å². The fourth-order valence-electron chi connectivity index (χ4n) is 2.50. The van der Waals surface area contributed by atoms with Crippen molar-refractivity contribution in [2.75, 3.05) is 50.1 Å². The highest BCUT2D eigenvalue weighted by atomic mass is 15.3. The SMILES string of the molecule is CN(C)c1ccnc(N2CCN(Cc3nncn3C)CC2)n1. The minimum atomic E-state index is 0.810. The van der Waals surface area contributed by atoms with Gasteiger partial charge in [0, 0.05) is 53.5 Å². The summed E-state index contributed by atoms with van der Waals surface area (Å²) in [5.74, 6) is 2.75. The summed E-state index contributed by atoms with van der Waals surface area (Å²) in [6.07, 6.45) is 3.57. The summed E-state index contributed by atoms with van der Waals surface area (Å²) in [5.41, 5.74) is 0. The van der Waals surface area contributed by atoms with Gasteiger partial charge in [-0.05, 0) is 6.07 Å². The molecule has 3 rings (SSSR count). The molecule has 0 N–H and O–H groups in total. The minimum absolute atomic E-state index is 0.810. The van der Waals surface area contributed by atoms with Crippen LogP contribution in [0.15, 0.2) is 18.6 Å². The van der Waals surface area contributed by atoms with Crippen molar-refractivity contribution >= 4 is 11.8 Å². The molecule has 118 valence electrons. The van der Waals surface area contributed by atoms with Crippen LogP contribution in [0.25, 0.3) is 0 Å². The Morgan fingerprint density at radius 2 is 1.95 bits per heavy atom. The number of hydrogen-bond donors (Lipinski definition) is 0. The molecule has 0 aromatic carbocycles. The first-order valence-electron chi connectivity index (χ1n) is 7.44. The normalized spacial score (nSPS) is 16.0. The largest absolute Gasteiger partial charge is 0.363 e. The summed E-state index contributed by atoms with van der Waals surface area (Å²) in [5, 5.41) is 8.07. The van der Waals surface area contributed by atoms with Crippen LogP contribution in [0.1, 0.15) is 5.82 Å². The standard InChI is InChI=1S/C14H22N8/c1-19(2)12-4-5-15-14(17-12)22-8-6-21(7-9-22)10-13-18-16-11-20(13)3/h4-5,11H,6-10H2,1-3H3. The van der Waals surface area contributed by atoms with Crippen LogP contribution in [0.5, 0.6) is 0 Å². The van der Waals surface area contributed by atoms with E-state index in [1.54, 1.807) is 6.33 Å². The van der Waals surface area contributed by atoms with E-state index in [9.17, 15) is 0 Å². The molecule has 0 amide bonds. The molecule has 1 aliphatic rings. The Kier molecular flexibility index (Phi) is 4.19. The van der Waals surface area contributed by atoms with E-state index in [4.69, 9.17) is 0 Å². The quantitative estimate of drug-likeness (QED) is 0.787. The zero-order valence-corrected chi connectivity index (χ0v) is 13.3. The first-order chi connectivity index (χ1) is 10.6. The lowest BCUT2D eigenvalue weighted by Crippen LogP contribution is -2.46. The summed E-state index contributed by atoms with van der Waals surface area (Å²) in [4.78, 5) is 15.6. The lowest BCUT2D eigenvalue weighted by Gasteiger charge is -2.34. The van der Waals surface area contributed by atoms with Crippen LogP contribution in [0.4, 0.5) is 11.8 Å². The summed E-state index contributed by atoms with van der Waals surface area (Å²) in [6, 6.07) is 1.92. The highest BCUT2D eigenvalue weighted by Crippen LogP contribution is 2.15. The molecule has 0 bridgehead atoms. The molecule has 2 aromatic rings. The topological polar surface area (TPSA) is 66.2 Å². The van der Waals surface area contributed by atoms with Crippen molar-refractivity contribution in [3.63, 3.8) is 0 Å². The Morgan fingerprint density at radius 1 is 1.18 bits per heavy atom. The molecule has 2 aromatic heterocycles. The Bertz CT molecular complexity index is 615. The molecule has 0 spiro atoms. The Hall–Kier alpha value is -2.22. The fourth-order valence-corrected chi connectivity index (χ4v) is 2.50. The van der Waals surface area contributed by atoms with Gasteiger partial charge in [0.15, 0.2) is 0 Å². The molecule has 0 radical (unpaired) electrons. The second kappa shape index (κ2) is 6.27. The third-order valence-electron chi connectivity index (χ3n) is 3.91. The predicted octanol–water partition coefficient (Wildman–Crippen LogP) is -0.00670. The maximum atomic E-state index is 4.61. The van der Waals surface area contributed by atoms with Crippen LogP contribution in [0.2, 0.25) is 0 Å². The molecule has 1 aliphatic heterocycles. The average molecular weight is 302 g/mol. The second-order valence-electron chi connectivity index (χ2n) is 5.73. The molecule has 0 unspecified atom stereocenters. The van der Waals surface area contributed by atoms with E-state index in [2.05, 4.69) is 30.0 Å². The second-order valence-corrected chi connectivity index (χ2v) is 5.73. The highest BCUT2D eigenvalue weighted by molar-refractivity contribution is 5.42. The number of hydrogen-bond acceptors (Lipinski definition) is 7. The van der Waals surface area contributed by atoms with Gasteiger partial charge in [0.1, 0.15) is 18.0 Å². The Balaban J connectivity index is 1.60. The molecular weight excluding hydrogens is 280 g/mol. The number of anilines is 2. The van der Waals surface area contributed by atoms with Gasteiger partial charge in [-0.3, -0.25) is 4.90 Å². The molecule has 1 fully saturated rings. The maximum Gasteiger partial charge on any atom is 0.227 e. The van der Waals surface area contributed by atoms with Gasteiger partial charge in [-0.1, -0.05) is 0 Å². The van der Waals surface area contributed by atoms with Gasteiger partial charge >= 0.3 is 0 Å². The van der Waals surface area contributed by atoms with E-state index in [1.165, 1.54) is 0 Å². The van der Waals surface area contributed by atoms with Crippen molar-refractivity contribution in [2.45, 2.75) is 6.54 Å². The number of aromatic nitrogens is 5. The third-order valence-corrected chi connectivity index (χ3v) is 3.91. The van der Waals surface area contributed by atoms with E-state index >= 15 is 0 Å². The molecule has 0 atom stereocenters. The van der Waals surface area contributed by atoms with Crippen molar-refractivity contribution in [3.05, 3.63) is 24.4 Å². The predicted molar refractivity (Wildman–Crippen MR) is 84.9 cm³/mol. The van der Waals surface area contributed by atoms with Crippen LogP contribution in [-0.2, 0) is 13.6 Å². The van der Waals surface area contributed by atoms with Crippen molar-refractivity contribution in [3.8, 4) is 0 Å². The van der Waals surface area contributed by atoms with Crippen molar-refractivity contribution < 1.29 is 0 Å². The van der Waals surface area contributed by atoms with Gasteiger partial charge in [0.2, 0.25) is 5.95 Å². The van der Waals surface area contributed by atoms with E-state index < -0.39 is 0 Å². The minimum Gasteiger partial charge on any atom is -0.363 e. The summed E-state index contributed by atoms with van der Waals surface area (Å²) >= 11 is 0. The molecule has 8 nitrogen and oxygen atoms in total. The lowest BCUT2D eigenvalue weighted by molar-refractivity contribution is 0.240. The van der Waals surface area contributed by atoms with E-state index in [-0.39, 0.29) is 0 Å². The lowest BCUT2D eigenvalue weighted by atomic mass is 10.3. The Morgan fingerprint density at radius 3 is 2.59 bits per heavy atom. The summed E-state index contributed by atoms with van der Waals surface area (Å²) in [6.45, 7) is 4.64. The average Bonchev–Trinajstić information content (AvgIpc) is 2.93. The monoisotopic (exact) mass is 302 g/mol. The van der Waals surface area contributed by atoms with Crippen LogP contribution in [0.3, 0.4) is 0 Å². The molecule has 3 heterocycles. The van der Waals surface area contributed by atoms with Gasteiger partial charge in [-0.2, -0.15) is 4.98 Å². The zero-order valence-electron chi connectivity index (χ0n) is 13.3. The van der Waals surface area contributed by atoms with Gasteiger partial charge in [-0.15, -0.1) is 10.2 Å². The van der Waals surface area contributed by atoms with Gasteiger partial charge in [-0.25, -0.2) is 4.98 Å². The van der Waals surface area contributed by atoms with E-state index in [0.29, 0.717) is 0 Å². The Labute approximate surface area is 130 Å². The molecule has 22 heavy (non-hydrogen) atoms. The smallest absolute Gasteiger partial charge is 0.227 e. The maximum absolute atomic E-state index is 4.61. The van der Waals surface area contributed by atoms with Crippen LogP contribution in [-0.4, -0.2) is 69.9 Å². The summed E-state index contributed by atoms with van der Waals surface area (Å²) < 4.78 is 1.97. The van der Waals surface area contributed by atoms with Crippen LogP contribution < -0.4 is 9.80 Å². The van der Waals surface area contributed by atoms with Gasteiger partial charge in [0.25, 0.3) is 0 Å². The molecule has 0 aliphatic carbocycles. The first kappa shape index (κ1) is 14.7. The van der Waals surface area contributed by atoms with E-state index in [1.807, 2.05) is 42.9 Å². The first-order valence-corrected chi connectivity index (χ1v) is 7.44. The van der Waals surface area contributed by atoms with Crippen molar-refractivity contribution in [1.82, 2.24) is 29.6 Å². The number of piperazine rings is 1. The highest BCUT2D eigenvalue weighted by Gasteiger charge is 2.20. The number of rotatable bonds is 4. The van der Waals surface area contributed by atoms with Gasteiger partial charge < -0.3 is 14.4 Å². The molecule has 8 heteroatoms. The fraction of sp³-hybridized carbons (Fsp3) is 0.571. The van der Waals surface area contributed by atoms with Crippen molar-refractivity contribution in [2.24, 2.45) is 7.05 Å². The van der Waals surface area contributed by atoms with Gasteiger partial charge in [0.05, 0.1) is 6.54 Å². The van der Waals surface area contributed by atoms with Crippen molar-refractivity contribution in [1.29, 1.82) is 0 Å². The molecule has 0 saturated carbocycles. The summed E-state index contributed by atoms with van der Waals surface area (Å²) in [7, 11) is 5.96. The molecular formula is C14H22N8. The zero-order chi connectivity index (χ0) is 15.5.